The van der Waals surface area contributed by atoms with Gasteiger partial charge in [-0.2, -0.15) is 5.10 Å². The second-order valence-corrected chi connectivity index (χ2v) is 6.27. The van der Waals surface area contributed by atoms with Crippen LogP contribution in [-0.2, 0) is 4.79 Å². The van der Waals surface area contributed by atoms with Gasteiger partial charge in [-0.15, -0.1) is 11.6 Å². The second kappa shape index (κ2) is 6.32. The van der Waals surface area contributed by atoms with Crippen LogP contribution < -0.4 is 0 Å². The number of hydrogen-bond acceptors (Lipinski definition) is 4. The molecule has 1 saturated carbocycles. The molecule has 4 rings (SSSR count). The van der Waals surface area contributed by atoms with Crippen LogP contribution in [0.25, 0.3) is 6.08 Å². The van der Waals surface area contributed by atoms with E-state index in [9.17, 15) is 4.79 Å². The monoisotopic (exact) mass is 344 g/mol. The van der Waals surface area contributed by atoms with Crippen molar-refractivity contribution in [3.05, 3.63) is 53.9 Å². The van der Waals surface area contributed by atoms with Gasteiger partial charge in [0.05, 0.1) is 18.2 Å². The number of furan rings is 2. The molecule has 1 fully saturated rings. The highest BCUT2D eigenvalue weighted by Crippen LogP contribution is 2.44. The number of alkyl halides is 1. The summed E-state index contributed by atoms with van der Waals surface area (Å²) in [4.78, 5) is 12.3. The Morgan fingerprint density at radius 3 is 2.88 bits per heavy atom. The third-order valence-electron chi connectivity index (χ3n) is 4.57. The van der Waals surface area contributed by atoms with E-state index in [1.807, 2.05) is 30.3 Å². The molecule has 0 radical (unpaired) electrons. The number of halogens is 1. The predicted octanol–water partition coefficient (Wildman–Crippen LogP) is 4.23. The Kier molecular flexibility index (Phi) is 4.02. The number of amides is 1. The molecule has 2 aliphatic rings. The van der Waals surface area contributed by atoms with Crippen LogP contribution >= 0.6 is 11.6 Å². The minimum absolute atomic E-state index is 0.0993. The second-order valence-electron chi connectivity index (χ2n) is 6.00. The SMILES string of the molecule is O=C(CCl)N1N=C2/C(=C\c3ccco3)CCC[C@H]2[C@@H]1c1ccco1. The maximum Gasteiger partial charge on any atom is 0.258 e. The first-order valence-electron chi connectivity index (χ1n) is 8.02. The van der Waals surface area contributed by atoms with E-state index in [4.69, 9.17) is 20.4 Å². The highest BCUT2D eigenvalue weighted by Gasteiger charge is 2.44. The summed E-state index contributed by atoms with van der Waals surface area (Å²) in [6.07, 6.45) is 8.21. The Bertz CT molecular complexity index is 777. The maximum absolute atomic E-state index is 12.3. The first-order chi connectivity index (χ1) is 11.8. The average Bonchev–Trinajstić information content (AvgIpc) is 3.33. The minimum atomic E-state index is -0.221. The lowest BCUT2D eigenvalue weighted by Crippen LogP contribution is -2.32. The summed E-state index contributed by atoms with van der Waals surface area (Å²) >= 11 is 5.79. The quantitative estimate of drug-likeness (QED) is 0.783. The van der Waals surface area contributed by atoms with E-state index in [0.717, 1.165) is 42.1 Å². The predicted molar refractivity (Wildman–Crippen MR) is 90.5 cm³/mol. The van der Waals surface area contributed by atoms with Crippen molar-refractivity contribution in [3.8, 4) is 0 Å². The molecule has 0 saturated heterocycles. The molecule has 124 valence electrons. The van der Waals surface area contributed by atoms with Gasteiger partial charge in [0, 0.05) is 5.92 Å². The van der Waals surface area contributed by atoms with Crippen LogP contribution in [0.2, 0.25) is 0 Å². The zero-order valence-electron chi connectivity index (χ0n) is 13.0. The van der Waals surface area contributed by atoms with Gasteiger partial charge in [0.25, 0.3) is 5.91 Å². The first-order valence-corrected chi connectivity index (χ1v) is 8.56. The molecule has 6 heteroatoms. The fourth-order valence-corrected chi connectivity index (χ4v) is 3.67. The lowest BCUT2D eigenvalue weighted by Gasteiger charge is -2.27. The molecule has 1 aliphatic heterocycles. The number of carbonyl (C=O) groups excluding carboxylic acids is 1. The third kappa shape index (κ3) is 2.59. The van der Waals surface area contributed by atoms with Gasteiger partial charge in [-0.3, -0.25) is 4.79 Å². The molecule has 0 unspecified atom stereocenters. The van der Waals surface area contributed by atoms with Gasteiger partial charge in [-0.05, 0) is 55.2 Å². The van der Waals surface area contributed by atoms with E-state index < -0.39 is 0 Å². The molecule has 3 heterocycles. The Balaban J connectivity index is 1.74. The highest BCUT2D eigenvalue weighted by molar-refractivity contribution is 6.27. The molecule has 24 heavy (non-hydrogen) atoms. The summed E-state index contributed by atoms with van der Waals surface area (Å²) in [6.45, 7) is 0. The van der Waals surface area contributed by atoms with E-state index in [0.29, 0.717) is 0 Å². The number of allylic oxidation sites excluding steroid dienone is 1. The molecule has 2 aromatic rings. The van der Waals surface area contributed by atoms with E-state index in [-0.39, 0.29) is 23.7 Å². The van der Waals surface area contributed by atoms with Crippen molar-refractivity contribution in [1.29, 1.82) is 0 Å². The molecule has 0 N–H and O–H groups in total. The van der Waals surface area contributed by atoms with E-state index in [2.05, 4.69) is 5.10 Å². The zero-order valence-corrected chi connectivity index (χ0v) is 13.8. The van der Waals surface area contributed by atoms with Crippen LogP contribution in [0.4, 0.5) is 0 Å². The number of carbonyl (C=O) groups is 1. The van der Waals surface area contributed by atoms with Crippen molar-refractivity contribution >= 4 is 29.3 Å². The van der Waals surface area contributed by atoms with Gasteiger partial charge in [0.15, 0.2) is 0 Å². The molecular weight excluding hydrogens is 328 g/mol. The third-order valence-corrected chi connectivity index (χ3v) is 4.79. The van der Waals surface area contributed by atoms with Crippen molar-refractivity contribution < 1.29 is 13.6 Å². The van der Waals surface area contributed by atoms with E-state index >= 15 is 0 Å². The molecule has 0 bridgehead atoms. The van der Waals surface area contributed by atoms with Gasteiger partial charge in [-0.25, -0.2) is 5.01 Å². The van der Waals surface area contributed by atoms with Crippen LogP contribution in [0, 0.1) is 5.92 Å². The van der Waals surface area contributed by atoms with Crippen molar-refractivity contribution in [3.63, 3.8) is 0 Å². The average molecular weight is 345 g/mol. The zero-order chi connectivity index (χ0) is 16.5. The molecule has 0 aromatic carbocycles. The van der Waals surface area contributed by atoms with Crippen molar-refractivity contribution in [2.75, 3.05) is 5.88 Å². The highest BCUT2D eigenvalue weighted by atomic mass is 35.5. The van der Waals surface area contributed by atoms with Crippen molar-refractivity contribution in [2.24, 2.45) is 11.0 Å². The molecule has 1 aliphatic carbocycles. The lowest BCUT2D eigenvalue weighted by atomic mass is 9.79. The van der Waals surface area contributed by atoms with Gasteiger partial charge < -0.3 is 8.83 Å². The Morgan fingerprint density at radius 2 is 2.17 bits per heavy atom. The Labute approximate surface area is 144 Å². The van der Waals surface area contributed by atoms with Crippen LogP contribution in [0.3, 0.4) is 0 Å². The smallest absolute Gasteiger partial charge is 0.258 e. The summed E-state index contributed by atoms with van der Waals surface area (Å²) in [5.74, 6) is 1.36. The first kappa shape index (κ1) is 15.3. The van der Waals surface area contributed by atoms with Crippen LogP contribution in [0.15, 0.2) is 56.3 Å². The van der Waals surface area contributed by atoms with Crippen LogP contribution in [-0.4, -0.2) is 22.5 Å². The Morgan fingerprint density at radius 1 is 1.33 bits per heavy atom. The lowest BCUT2D eigenvalue weighted by molar-refractivity contribution is -0.131. The van der Waals surface area contributed by atoms with Gasteiger partial charge in [0.1, 0.15) is 23.4 Å². The maximum atomic E-state index is 12.3. The van der Waals surface area contributed by atoms with Crippen molar-refractivity contribution in [2.45, 2.75) is 25.3 Å². The standard InChI is InChI=1S/C18H17ClN2O3/c19-11-16(22)21-18(15-7-3-9-24-15)14-6-1-4-12(17(14)20-21)10-13-5-2-8-23-13/h2-3,5,7-10,14,18H,1,4,6,11H2/b12-10-/t14-,18-/m1/s1. The van der Waals surface area contributed by atoms with E-state index in [1.165, 1.54) is 5.01 Å². The minimum Gasteiger partial charge on any atom is -0.467 e. The summed E-state index contributed by atoms with van der Waals surface area (Å²) in [5, 5.41) is 6.12. The number of nitrogens with zero attached hydrogens (tertiary/aromatic N) is 2. The summed E-state index contributed by atoms with van der Waals surface area (Å²) in [6, 6.07) is 7.28. The molecule has 5 nitrogen and oxygen atoms in total. The molecule has 0 spiro atoms. The summed E-state index contributed by atoms with van der Waals surface area (Å²) < 4.78 is 11.0. The van der Waals surface area contributed by atoms with E-state index in [1.54, 1.807) is 12.5 Å². The fourth-order valence-electron chi connectivity index (χ4n) is 3.55. The molecule has 2 atom stereocenters. The number of hydrazone groups is 1. The fraction of sp³-hybridized carbons (Fsp3) is 0.333. The summed E-state index contributed by atoms with van der Waals surface area (Å²) in [7, 11) is 0. The summed E-state index contributed by atoms with van der Waals surface area (Å²) in [5.41, 5.74) is 2.06. The van der Waals surface area contributed by atoms with Crippen molar-refractivity contribution in [1.82, 2.24) is 5.01 Å². The van der Waals surface area contributed by atoms with Gasteiger partial charge in [0.2, 0.25) is 0 Å². The number of hydrogen-bond donors (Lipinski definition) is 0. The molecule has 1 amide bonds. The van der Waals surface area contributed by atoms with Crippen LogP contribution in [0.1, 0.15) is 36.8 Å². The van der Waals surface area contributed by atoms with Gasteiger partial charge in [-0.1, -0.05) is 0 Å². The molecule has 2 aromatic heterocycles. The Hall–Kier alpha value is -2.27. The number of fused-ring (bicyclic) bond motifs is 1. The largest absolute Gasteiger partial charge is 0.467 e. The molecular formula is C18H17ClN2O3. The van der Waals surface area contributed by atoms with Crippen LogP contribution in [0.5, 0.6) is 0 Å². The number of rotatable bonds is 3. The normalized spacial score (nSPS) is 25.0. The topological polar surface area (TPSA) is 59.0 Å². The van der Waals surface area contributed by atoms with Gasteiger partial charge >= 0.3 is 0 Å².